The van der Waals surface area contributed by atoms with E-state index in [9.17, 15) is 9.59 Å². The van der Waals surface area contributed by atoms with Crippen molar-refractivity contribution in [3.8, 4) is 11.3 Å². The molecule has 1 aromatic heterocycles. The van der Waals surface area contributed by atoms with Crippen molar-refractivity contribution < 1.29 is 9.59 Å². The molecule has 3 fully saturated rings. The Morgan fingerprint density at radius 3 is 2.13 bits per heavy atom. The van der Waals surface area contributed by atoms with Crippen LogP contribution in [0.25, 0.3) is 22.2 Å². The Morgan fingerprint density at radius 1 is 0.711 bits per heavy atom. The topological polar surface area (TPSA) is 56.8 Å². The number of hydrogen-bond donors (Lipinski definition) is 0. The molecule has 2 amide bonds. The second-order valence-electron chi connectivity index (χ2n) is 11.2. The second-order valence-corrected chi connectivity index (χ2v) is 11.2. The smallest absolute Gasteiger partial charge is 0.254 e. The summed E-state index contributed by atoms with van der Waals surface area (Å²) in [7, 11) is 0. The number of amides is 2. The van der Waals surface area contributed by atoms with Gasteiger partial charge < -0.3 is 9.80 Å². The maximum atomic E-state index is 13.8. The molecule has 3 aromatic rings. The first kappa shape index (κ1) is 25.1. The summed E-state index contributed by atoms with van der Waals surface area (Å²) in [5.74, 6) is 0.757. The van der Waals surface area contributed by atoms with Crippen molar-refractivity contribution >= 4 is 22.7 Å². The van der Waals surface area contributed by atoms with Crippen molar-refractivity contribution in [2.75, 3.05) is 39.3 Å². The molecule has 0 atom stereocenters. The lowest BCUT2D eigenvalue weighted by atomic mass is 9.87. The minimum absolute atomic E-state index is 0.0910. The van der Waals surface area contributed by atoms with Crippen molar-refractivity contribution in [3.05, 3.63) is 66.2 Å². The van der Waals surface area contributed by atoms with E-state index in [4.69, 9.17) is 4.98 Å². The summed E-state index contributed by atoms with van der Waals surface area (Å²) < 4.78 is 0. The number of nitrogens with zero attached hydrogens (tertiary/aromatic N) is 4. The quantitative estimate of drug-likeness (QED) is 0.482. The standard InChI is InChI=1S/C32H38N4O2/c37-31(25-11-5-2-6-12-25)35-17-15-26(16-18-35)34-19-21-36(22-20-34)32(38)28-23-30(24-9-3-1-4-10-24)33-29-14-8-7-13-27(28)29/h1,3-4,7-10,13-14,23,25-26H,2,5-6,11-12,15-22H2. The van der Waals surface area contributed by atoms with Gasteiger partial charge in [0.05, 0.1) is 16.8 Å². The summed E-state index contributed by atoms with van der Waals surface area (Å²) in [6.45, 7) is 5.01. The van der Waals surface area contributed by atoms with E-state index in [1.165, 1.54) is 19.3 Å². The normalized spacial score (nSPS) is 20.1. The first-order valence-corrected chi connectivity index (χ1v) is 14.4. The number of rotatable bonds is 4. The van der Waals surface area contributed by atoms with Gasteiger partial charge in [-0.05, 0) is 37.8 Å². The lowest BCUT2D eigenvalue weighted by molar-refractivity contribution is -0.138. The molecule has 3 heterocycles. The van der Waals surface area contributed by atoms with Gasteiger partial charge in [0.15, 0.2) is 0 Å². The van der Waals surface area contributed by atoms with E-state index >= 15 is 0 Å². The molecule has 3 aliphatic rings. The van der Waals surface area contributed by atoms with E-state index in [2.05, 4.69) is 9.80 Å². The van der Waals surface area contributed by atoms with Crippen LogP contribution < -0.4 is 0 Å². The maximum absolute atomic E-state index is 13.8. The number of pyridine rings is 1. The zero-order valence-corrected chi connectivity index (χ0v) is 22.2. The summed E-state index contributed by atoms with van der Waals surface area (Å²) in [4.78, 5) is 38.3. The predicted octanol–water partition coefficient (Wildman–Crippen LogP) is 5.23. The van der Waals surface area contributed by atoms with Crippen LogP contribution in [0.2, 0.25) is 0 Å². The first-order valence-electron chi connectivity index (χ1n) is 14.4. The summed E-state index contributed by atoms with van der Waals surface area (Å²) in [5.41, 5.74) is 3.44. The highest BCUT2D eigenvalue weighted by Crippen LogP contribution is 2.29. The van der Waals surface area contributed by atoms with Gasteiger partial charge in [0.2, 0.25) is 5.91 Å². The molecule has 1 aliphatic carbocycles. The second kappa shape index (κ2) is 11.2. The monoisotopic (exact) mass is 510 g/mol. The Labute approximate surface area is 225 Å². The van der Waals surface area contributed by atoms with Gasteiger partial charge in [-0.15, -0.1) is 0 Å². The Balaban J connectivity index is 1.09. The fourth-order valence-corrected chi connectivity index (χ4v) is 6.63. The van der Waals surface area contributed by atoms with E-state index < -0.39 is 0 Å². The third kappa shape index (κ3) is 5.19. The van der Waals surface area contributed by atoms with Crippen molar-refractivity contribution in [3.63, 3.8) is 0 Å². The van der Waals surface area contributed by atoms with Gasteiger partial charge in [-0.1, -0.05) is 67.8 Å². The molecule has 0 radical (unpaired) electrons. The number of likely N-dealkylation sites (tertiary alicyclic amines) is 1. The zero-order chi connectivity index (χ0) is 25.9. The molecule has 1 saturated carbocycles. The van der Waals surface area contributed by atoms with Crippen molar-refractivity contribution in [1.82, 2.24) is 19.7 Å². The van der Waals surface area contributed by atoms with Crippen LogP contribution >= 0.6 is 0 Å². The van der Waals surface area contributed by atoms with Gasteiger partial charge in [0.1, 0.15) is 0 Å². The van der Waals surface area contributed by atoms with E-state index in [1.54, 1.807) is 0 Å². The van der Waals surface area contributed by atoms with Crippen LogP contribution in [0, 0.1) is 5.92 Å². The number of fused-ring (bicyclic) bond motifs is 1. The molecule has 2 aliphatic heterocycles. The lowest BCUT2D eigenvalue weighted by Crippen LogP contribution is -2.55. The average Bonchev–Trinajstić information content (AvgIpc) is 3.01. The number of carbonyl (C=O) groups is 2. The molecule has 6 heteroatoms. The average molecular weight is 511 g/mol. The Kier molecular flexibility index (Phi) is 7.41. The van der Waals surface area contributed by atoms with Crippen molar-refractivity contribution in [1.29, 1.82) is 0 Å². The molecule has 6 nitrogen and oxygen atoms in total. The molecule has 0 spiro atoms. The van der Waals surface area contributed by atoms with Gasteiger partial charge >= 0.3 is 0 Å². The molecular weight excluding hydrogens is 472 g/mol. The molecule has 2 aromatic carbocycles. The van der Waals surface area contributed by atoms with Crippen LogP contribution in [-0.4, -0.2) is 76.8 Å². The van der Waals surface area contributed by atoms with E-state index in [1.807, 2.05) is 65.6 Å². The van der Waals surface area contributed by atoms with Crippen molar-refractivity contribution in [2.24, 2.45) is 5.92 Å². The Bertz CT molecular complexity index is 1270. The molecule has 0 N–H and O–H groups in total. The molecule has 2 saturated heterocycles. The number of hydrogen-bond acceptors (Lipinski definition) is 4. The Morgan fingerprint density at radius 2 is 1.39 bits per heavy atom. The summed E-state index contributed by atoms with van der Waals surface area (Å²) in [6.07, 6.45) is 7.94. The number of para-hydroxylation sites is 1. The number of carbonyl (C=O) groups excluding carboxylic acids is 2. The van der Waals surface area contributed by atoms with Gasteiger partial charge in [0, 0.05) is 62.2 Å². The number of aromatic nitrogens is 1. The fourth-order valence-electron chi connectivity index (χ4n) is 6.63. The SMILES string of the molecule is O=C(c1cc(-c2ccccc2)nc2ccccc12)N1CCN(C2CCN(C(=O)C3CCCCC3)CC2)CC1. The largest absolute Gasteiger partial charge is 0.342 e. The van der Waals surface area contributed by atoms with Crippen LogP contribution in [0.1, 0.15) is 55.3 Å². The first-order chi connectivity index (χ1) is 18.7. The van der Waals surface area contributed by atoms with Gasteiger partial charge in [-0.2, -0.15) is 0 Å². The summed E-state index contributed by atoms with van der Waals surface area (Å²) >= 11 is 0. The molecule has 0 unspecified atom stereocenters. The molecule has 0 bridgehead atoms. The highest BCUT2D eigenvalue weighted by Gasteiger charge is 2.33. The maximum Gasteiger partial charge on any atom is 0.254 e. The molecular formula is C32H38N4O2. The van der Waals surface area contributed by atoms with Crippen LogP contribution in [0.3, 0.4) is 0 Å². The van der Waals surface area contributed by atoms with Crippen molar-refractivity contribution in [2.45, 2.75) is 51.0 Å². The number of benzene rings is 2. The van der Waals surface area contributed by atoms with Crippen LogP contribution in [-0.2, 0) is 4.79 Å². The third-order valence-corrected chi connectivity index (χ3v) is 8.86. The van der Waals surface area contributed by atoms with Gasteiger partial charge in [0.25, 0.3) is 5.91 Å². The van der Waals surface area contributed by atoms with Gasteiger partial charge in [-0.3, -0.25) is 14.5 Å². The van der Waals surface area contributed by atoms with Crippen LogP contribution in [0.4, 0.5) is 0 Å². The molecule has 198 valence electrons. The van der Waals surface area contributed by atoms with Crippen LogP contribution in [0.5, 0.6) is 0 Å². The van der Waals surface area contributed by atoms with Gasteiger partial charge in [-0.25, -0.2) is 4.98 Å². The summed E-state index contributed by atoms with van der Waals surface area (Å²) in [5, 5.41) is 0.912. The highest BCUT2D eigenvalue weighted by molar-refractivity contribution is 6.07. The van der Waals surface area contributed by atoms with E-state index in [0.717, 1.165) is 92.7 Å². The number of piperazine rings is 1. The Hall–Kier alpha value is -3.25. The minimum atomic E-state index is 0.0910. The van der Waals surface area contributed by atoms with E-state index in [-0.39, 0.29) is 11.8 Å². The highest BCUT2D eigenvalue weighted by atomic mass is 16.2. The molecule has 38 heavy (non-hydrogen) atoms. The number of piperidine rings is 1. The fraction of sp³-hybridized carbons (Fsp3) is 0.469. The third-order valence-electron chi connectivity index (χ3n) is 8.86. The lowest BCUT2D eigenvalue weighted by Gasteiger charge is -2.43. The van der Waals surface area contributed by atoms with Crippen LogP contribution in [0.15, 0.2) is 60.7 Å². The zero-order valence-electron chi connectivity index (χ0n) is 22.2. The minimum Gasteiger partial charge on any atom is -0.342 e. The summed E-state index contributed by atoms with van der Waals surface area (Å²) in [6, 6.07) is 20.5. The predicted molar refractivity (Wildman–Crippen MR) is 151 cm³/mol. The van der Waals surface area contributed by atoms with E-state index in [0.29, 0.717) is 11.9 Å². The molecule has 6 rings (SSSR count).